The minimum absolute atomic E-state index is 0.0522. The maximum atomic E-state index is 13.4. The largest absolute Gasteiger partial charge is 0.417 e. The zero-order valence-corrected chi connectivity index (χ0v) is 21.2. The van der Waals surface area contributed by atoms with E-state index in [0.717, 1.165) is 24.0 Å². The standard InChI is InChI=1S/C27H21F3N4O4S/c1-39(37,38)18-11-9-17(10-12-18)34-24-20(23(33-34)25(31)35)13-7-15-6-8-16(14-21(15)24)32-26(36)19-4-2-3-5-22(19)27(28,29)30/h2-6,8-12,14H,7,13H2,1H3,(H2,31,35)(H,32,36). The Morgan fingerprint density at radius 2 is 1.69 bits per heavy atom. The second-order valence-corrected chi connectivity index (χ2v) is 11.1. The Labute approximate surface area is 221 Å². The number of nitrogens with one attached hydrogen (secondary N) is 1. The van der Waals surface area contributed by atoms with Gasteiger partial charge in [0, 0.05) is 23.1 Å². The summed E-state index contributed by atoms with van der Waals surface area (Å²) in [5.41, 5.74) is 7.34. The van der Waals surface area contributed by atoms with Crippen molar-refractivity contribution < 1.29 is 31.2 Å². The van der Waals surface area contributed by atoms with E-state index in [1.165, 1.54) is 28.9 Å². The van der Waals surface area contributed by atoms with Crippen LogP contribution >= 0.6 is 0 Å². The number of hydrogen-bond donors (Lipinski definition) is 2. The molecule has 0 unspecified atom stereocenters. The highest BCUT2D eigenvalue weighted by molar-refractivity contribution is 7.90. The van der Waals surface area contributed by atoms with Crippen LogP contribution in [0.15, 0.2) is 71.6 Å². The van der Waals surface area contributed by atoms with Crippen LogP contribution < -0.4 is 11.1 Å². The lowest BCUT2D eigenvalue weighted by molar-refractivity contribution is -0.137. The van der Waals surface area contributed by atoms with Gasteiger partial charge in [0.05, 0.1) is 27.4 Å². The number of aryl methyl sites for hydroxylation is 1. The third-order valence-corrected chi connectivity index (χ3v) is 7.60. The molecular formula is C27H21F3N4O4S. The molecule has 1 heterocycles. The number of primary amides is 1. The summed E-state index contributed by atoms with van der Waals surface area (Å²) >= 11 is 0. The van der Waals surface area contributed by atoms with Gasteiger partial charge in [-0.3, -0.25) is 9.59 Å². The molecule has 3 N–H and O–H groups in total. The monoisotopic (exact) mass is 554 g/mol. The number of nitrogens with zero attached hydrogens (tertiary/aromatic N) is 2. The molecular weight excluding hydrogens is 533 g/mol. The van der Waals surface area contributed by atoms with E-state index in [0.29, 0.717) is 35.3 Å². The molecule has 0 saturated heterocycles. The number of anilines is 1. The molecule has 1 aliphatic carbocycles. The van der Waals surface area contributed by atoms with E-state index in [4.69, 9.17) is 5.73 Å². The van der Waals surface area contributed by atoms with Crippen molar-refractivity contribution in [2.45, 2.75) is 23.9 Å². The highest BCUT2D eigenvalue weighted by atomic mass is 32.2. The molecule has 1 aliphatic rings. The van der Waals surface area contributed by atoms with Gasteiger partial charge < -0.3 is 11.1 Å². The van der Waals surface area contributed by atoms with Gasteiger partial charge in [-0.05, 0) is 66.9 Å². The Kier molecular flexibility index (Phi) is 6.30. The minimum Gasteiger partial charge on any atom is -0.364 e. The Bertz CT molecular complexity index is 1740. The Balaban J connectivity index is 1.59. The van der Waals surface area contributed by atoms with Crippen LogP contribution in [0.25, 0.3) is 16.9 Å². The first-order chi connectivity index (χ1) is 18.3. The minimum atomic E-state index is -4.71. The molecule has 4 aromatic rings. The van der Waals surface area contributed by atoms with Crippen LogP contribution in [0.1, 0.15) is 37.5 Å². The molecule has 1 aromatic heterocycles. The fraction of sp³-hybridized carbons (Fsp3) is 0.148. The molecule has 0 saturated carbocycles. The number of carbonyl (C=O) groups excluding carboxylic acids is 2. The van der Waals surface area contributed by atoms with Crippen molar-refractivity contribution in [1.82, 2.24) is 9.78 Å². The topological polar surface area (TPSA) is 124 Å². The van der Waals surface area contributed by atoms with E-state index in [9.17, 15) is 31.2 Å². The fourth-order valence-electron chi connectivity index (χ4n) is 4.66. The zero-order chi connectivity index (χ0) is 28.1. The summed E-state index contributed by atoms with van der Waals surface area (Å²) in [5, 5.41) is 6.95. The van der Waals surface area contributed by atoms with Crippen LogP contribution in [-0.2, 0) is 28.9 Å². The van der Waals surface area contributed by atoms with Crippen LogP contribution in [0.4, 0.5) is 18.9 Å². The average molecular weight is 555 g/mol. The van der Waals surface area contributed by atoms with Gasteiger partial charge in [0.15, 0.2) is 15.5 Å². The Hall–Kier alpha value is -4.45. The number of nitrogens with two attached hydrogens (primary N) is 1. The van der Waals surface area contributed by atoms with E-state index in [1.807, 2.05) is 0 Å². The highest BCUT2D eigenvalue weighted by Crippen LogP contribution is 2.39. The van der Waals surface area contributed by atoms with Gasteiger partial charge in [0.2, 0.25) is 0 Å². The van der Waals surface area contributed by atoms with Gasteiger partial charge in [-0.15, -0.1) is 0 Å². The molecule has 5 rings (SSSR count). The van der Waals surface area contributed by atoms with Gasteiger partial charge in [-0.2, -0.15) is 18.3 Å². The maximum absolute atomic E-state index is 13.4. The summed E-state index contributed by atoms with van der Waals surface area (Å²) in [7, 11) is -3.44. The fourth-order valence-corrected chi connectivity index (χ4v) is 5.29. The van der Waals surface area contributed by atoms with E-state index >= 15 is 0 Å². The molecule has 0 aliphatic heterocycles. The first-order valence-electron chi connectivity index (χ1n) is 11.7. The van der Waals surface area contributed by atoms with Crippen LogP contribution in [0.3, 0.4) is 0 Å². The van der Waals surface area contributed by atoms with E-state index < -0.39 is 39.0 Å². The summed E-state index contributed by atoms with van der Waals surface area (Å²) in [6.07, 6.45) is -2.63. The van der Waals surface area contributed by atoms with Crippen molar-refractivity contribution in [3.8, 4) is 16.9 Å². The van der Waals surface area contributed by atoms with Crippen molar-refractivity contribution in [3.63, 3.8) is 0 Å². The molecule has 39 heavy (non-hydrogen) atoms. The van der Waals surface area contributed by atoms with Gasteiger partial charge in [-0.25, -0.2) is 13.1 Å². The average Bonchev–Trinajstić information content (AvgIpc) is 3.28. The van der Waals surface area contributed by atoms with Crippen LogP contribution in [-0.4, -0.2) is 36.3 Å². The van der Waals surface area contributed by atoms with Gasteiger partial charge in [0.25, 0.3) is 11.8 Å². The smallest absolute Gasteiger partial charge is 0.364 e. The maximum Gasteiger partial charge on any atom is 0.417 e. The molecule has 8 nitrogen and oxygen atoms in total. The lowest BCUT2D eigenvalue weighted by atomic mass is 9.88. The van der Waals surface area contributed by atoms with E-state index in [-0.39, 0.29) is 16.3 Å². The van der Waals surface area contributed by atoms with Crippen LogP contribution in [0, 0.1) is 0 Å². The molecule has 0 bridgehead atoms. The first kappa shape index (κ1) is 26.2. The Morgan fingerprint density at radius 3 is 2.33 bits per heavy atom. The van der Waals surface area contributed by atoms with E-state index in [1.54, 1.807) is 30.3 Å². The second kappa shape index (κ2) is 9.38. The number of fused-ring (bicyclic) bond motifs is 3. The number of rotatable bonds is 5. The summed E-state index contributed by atoms with van der Waals surface area (Å²) in [5.74, 6) is -1.67. The summed E-state index contributed by atoms with van der Waals surface area (Å²) in [6.45, 7) is 0. The molecule has 200 valence electrons. The first-order valence-corrected chi connectivity index (χ1v) is 13.6. The molecule has 12 heteroatoms. The number of alkyl halides is 3. The van der Waals surface area contributed by atoms with Crippen LogP contribution in [0.5, 0.6) is 0 Å². The predicted molar refractivity (Wildman–Crippen MR) is 137 cm³/mol. The number of amides is 2. The number of sulfone groups is 1. The predicted octanol–water partition coefficient (Wildman–Crippen LogP) is 4.41. The SMILES string of the molecule is CS(=O)(=O)c1ccc(-n2nc(C(N)=O)c3c2-c2cc(NC(=O)c4ccccc4C(F)(F)F)ccc2CC3)cc1. The van der Waals surface area contributed by atoms with Crippen molar-refractivity contribution in [2.24, 2.45) is 5.73 Å². The summed E-state index contributed by atoms with van der Waals surface area (Å²) < 4.78 is 65.6. The second-order valence-electron chi connectivity index (χ2n) is 9.09. The third-order valence-electron chi connectivity index (χ3n) is 6.47. The van der Waals surface area contributed by atoms with Crippen molar-refractivity contribution in [2.75, 3.05) is 11.6 Å². The number of hydrogen-bond acceptors (Lipinski definition) is 5. The van der Waals surface area contributed by atoms with Gasteiger partial charge >= 0.3 is 6.18 Å². The zero-order valence-electron chi connectivity index (χ0n) is 20.4. The van der Waals surface area contributed by atoms with E-state index in [2.05, 4.69) is 10.4 Å². The molecule has 2 amide bonds. The van der Waals surface area contributed by atoms with Crippen molar-refractivity contribution >= 4 is 27.3 Å². The van der Waals surface area contributed by atoms with Crippen LogP contribution in [0.2, 0.25) is 0 Å². The van der Waals surface area contributed by atoms with Crippen molar-refractivity contribution in [1.29, 1.82) is 0 Å². The normalized spacial score (nSPS) is 12.9. The summed E-state index contributed by atoms with van der Waals surface area (Å²) in [6, 6.07) is 15.4. The number of carbonyl (C=O) groups is 2. The number of halogens is 3. The number of benzene rings is 3. The number of aromatic nitrogens is 2. The third kappa shape index (κ3) is 4.90. The molecule has 0 radical (unpaired) electrons. The quantitative estimate of drug-likeness (QED) is 0.378. The highest BCUT2D eigenvalue weighted by Gasteiger charge is 2.35. The van der Waals surface area contributed by atoms with Crippen molar-refractivity contribution in [3.05, 3.63) is 94.7 Å². The van der Waals surface area contributed by atoms with Gasteiger partial charge in [0.1, 0.15) is 0 Å². The lowest BCUT2D eigenvalue weighted by Crippen LogP contribution is -2.19. The molecule has 0 fully saturated rings. The molecule has 0 spiro atoms. The lowest BCUT2D eigenvalue weighted by Gasteiger charge is -2.20. The molecule has 0 atom stereocenters. The molecule has 3 aromatic carbocycles. The van der Waals surface area contributed by atoms with Gasteiger partial charge in [-0.1, -0.05) is 18.2 Å². The summed E-state index contributed by atoms with van der Waals surface area (Å²) in [4.78, 5) is 25.2. The Morgan fingerprint density at radius 1 is 1.00 bits per heavy atom.